The second-order valence-electron chi connectivity index (χ2n) is 9.04. The van der Waals surface area contributed by atoms with Gasteiger partial charge in [0.25, 0.3) is 0 Å². The lowest BCUT2D eigenvalue weighted by Gasteiger charge is -2.33. The van der Waals surface area contributed by atoms with Gasteiger partial charge in [0.2, 0.25) is 0 Å². The Labute approximate surface area is 164 Å². The zero-order valence-corrected chi connectivity index (χ0v) is 18.2. The van der Waals surface area contributed by atoms with Crippen LogP contribution in [0.25, 0.3) is 0 Å². The lowest BCUT2D eigenvalue weighted by atomic mass is 9.69. The van der Waals surface area contributed by atoms with E-state index in [9.17, 15) is 4.79 Å². The van der Waals surface area contributed by atoms with E-state index >= 15 is 0 Å². The highest BCUT2D eigenvalue weighted by atomic mass is 28.3. The molecule has 1 aromatic carbocycles. The summed E-state index contributed by atoms with van der Waals surface area (Å²) in [7, 11) is 0.150. The Morgan fingerprint density at radius 3 is 2.48 bits per heavy atom. The molecule has 3 nitrogen and oxygen atoms in total. The van der Waals surface area contributed by atoms with Gasteiger partial charge in [-0.3, -0.25) is 4.79 Å². The van der Waals surface area contributed by atoms with Crippen LogP contribution in [0.2, 0.25) is 19.6 Å². The predicted octanol–water partition coefficient (Wildman–Crippen LogP) is 5.28. The normalized spacial score (nSPS) is 23.6. The van der Waals surface area contributed by atoms with Crippen LogP contribution in [0.1, 0.15) is 56.9 Å². The monoisotopic (exact) mass is 384 g/mol. The number of ether oxygens (including phenoxy) is 2. The zero-order chi connectivity index (χ0) is 19.5. The smallest absolute Gasteiger partial charge is 0.161 e. The molecule has 1 unspecified atom stereocenters. The molecule has 0 heterocycles. The molecule has 0 spiro atoms. The molecule has 3 rings (SSSR count). The van der Waals surface area contributed by atoms with Crippen molar-refractivity contribution in [1.29, 1.82) is 0 Å². The van der Waals surface area contributed by atoms with Crippen LogP contribution in [0.5, 0.6) is 11.5 Å². The molecule has 27 heavy (non-hydrogen) atoms. The van der Waals surface area contributed by atoms with Gasteiger partial charge in [0.1, 0.15) is 13.9 Å². The van der Waals surface area contributed by atoms with Crippen molar-refractivity contribution in [3.63, 3.8) is 0 Å². The van der Waals surface area contributed by atoms with Crippen molar-refractivity contribution in [2.24, 2.45) is 0 Å². The van der Waals surface area contributed by atoms with Crippen LogP contribution < -0.4 is 9.47 Å². The quantitative estimate of drug-likeness (QED) is 0.523. The molecule has 0 aliphatic heterocycles. The maximum Gasteiger partial charge on any atom is 0.161 e. The fourth-order valence-electron chi connectivity index (χ4n) is 4.09. The summed E-state index contributed by atoms with van der Waals surface area (Å²) in [5.74, 6) is 5.46. The van der Waals surface area contributed by atoms with E-state index < -0.39 is 8.07 Å². The van der Waals surface area contributed by atoms with Crippen LogP contribution in [0.3, 0.4) is 0 Å². The summed E-state index contributed by atoms with van der Waals surface area (Å²) >= 11 is 0. The SMILES string of the molecule is COc1ccc(C2(C#C[Si](C)(C)C)CCCC(=O)C2)cc1OC1CCCC1. The van der Waals surface area contributed by atoms with Crippen molar-refractivity contribution in [2.45, 2.75) is 82.5 Å². The zero-order valence-electron chi connectivity index (χ0n) is 17.2. The Morgan fingerprint density at radius 2 is 1.85 bits per heavy atom. The average Bonchev–Trinajstić information content (AvgIpc) is 3.12. The van der Waals surface area contributed by atoms with Gasteiger partial charge in [0.15, 0.2) is 11.5 Å². The van der Waals surface area contributed by atoms with Gasteiger partial charge in [-0.1, -0.05) is 31.6 Å². The standard InChI is InChI=1S/C23H32O3Si/c1-25-21-12-11-18(16-22(21)26-20-9-5-6-10-20)23(14-15-27(2,3)4)13-7-8-19(24)17-23/h11-12,16,20H,5-10,13,17H2,1-4H3. The summed E-state index contributed by atoms with van der Waals surface area (Å²) in [4.78, 5) is 12.4. The maximum atomic E-state index is 12.4. The third kappa shape index (κ3) is 4.96. The first-order chi connectivity index (χ1) is 12.8. The molecule has 2 fully saturated rings. The van der Waals surface area contributed by atoms with Crippen LogP contribution >= 0.6 is 0 Å². The first kappa shape index (κ1) is 20.0. The van der Waals surface area contributed by atoms with E-state index in [1.165, 1.54) is 12.8 Å². The first-order valence-corrected chi connectivity index (χ1v) is 13.7. The predicted molar refractivity (Wildman–Crippen MR) is 112 cm³/mol. The number of carbonyl (C=O) groups is 1. The van der Waals surface area contributed by atoms with E-state index in [1.807, 2.05) is 6.07 Å². The van der Waals surface area contributed by atoms with Gasteiger partial charge >= 0.3 is 0 Å². The molecule has 0 radical (unpaired) electrons. The molecule has 0 bridgehead atoms. The van der Waals surface area contributed by atoms with E-state index in [4.69, 9.17) is 9.47 Å². The van der Waals surface area contributed by atoms with Gasteiger partial charge in [-0.2, -0.15) is 0 Å². The number of Topliss-reactive ketones (excluding diaryl/α,β-unsaturated/α-hetero) is 1. The highest BCUT2D eigenvalue weighted by Crippen LogP contribution is 2.42. The Balaban J connectivity index is 2.00. The molecular formula is C23H32O3Si. The van der Waals surface area contributed by atoms with Crippen LogP contribution in [0.15, 0.2) is 18.2 Å². The largest absolute Gasteiger partial charge is 0.493 e. The summed E-state index contributed by atoms with van der Waals surface area (Å²) in [6.45, 7) is 6.75. The second kappa shape index (κ2) is 8.10. The number of rotatable bonds is 4. The Morgan fingerprint density at radius 1 is 1.11 bits per heavy atom. The topological polar surface area (TPSA) is 35.5 Å². The van der Waals surface area contributed by atoms with Gasteiger partial charge < -0.3 is 9.47 Å². The van der Waals surface area contributed by atoms with E-state index in [1.54, 1.807) is 7.11 Å². The molecule has 1 aromatic rings. The first-order valence-electron chi connectivity index (χ1n) is 10.2. The molecule has 1 atom stereocenters. The van der Waals surface area contributed by atoms with Crippen LogP contribution in [0.4, 0.5) is 0 Å². The average molecular weight is 385 g/mol. The van der Waals surface area contributed by atoms with Crippen molar-refractivity contribution < 1.29 is 14.3 Å². The number of hydrogen-bond acceptors (Lipinski definition) is 3. The molecular weight excluding hydrogens is 352 g/mol. The van der Waals surface area contributed by atoms with Crippen molar-refractivity contribution >= 4 is 13.9 Å². The minimum atomic E-state index is -1.53. The third-order valence-corrected chi connectivity index (χ3v) is 6.42. The number of hydrogen-bond donors (Lipinski definition) is 0. The Hall–Kier alpha value is -1.73. The number of ketones is 1. The molecule has 0 aromatic heterocycles. The van der Waals surface area contributed by atoms with Crippen molar-refractivity contribution in [3.05, 3.63) is 23.8 Å². The molecule has 0 amide bonds. The van der Waals surface area contributed by atoms with Gasteiger partial charge in [0.05, 0.1) is 18.6 Å². The molecule has 2 aliphatic carbocycles. The number of methoxy groups -OCH3 is 1. The van der Waals surface area contributed by atoms with Crippen LogP contribution in [-0.2, 0) is 10.2 Å². The van der Waals surface area contributed by atoms with Crippen molar-refractivity contribution in [3.8, 4) is 23.0 Å². The molecule has 4 heteroatoms. The number of benzene rings is 1. The minimum absolute atomic E-state index is 0.270. The highest BCUT2D eigenvalue weighted by Gasteiger charge is 2.37. The fraction of sp³-hybridized carbons (Fsp3) is 0.609. The Kier molecular flexibility index (Phi) is 6.01. The van der Waals surface area contributed by atoms with Crippen LogP contribution in [-0.4, -0.2) is 27.1 Å². The lowest BCUT2D eigenvalue weighted by Crippen LogP contribution is -2.33. The van der Waals surface area contributed by atoms with E-state index in [-0.39, 0.29) is 11.5 Å². The second-order valence-corrected chi connectivity index (χ2v) is 13.8. The van der Waals surface area contributed by atoms with Gasteiger partial charge in [-0.25, -0.2) is 0 Å². The summed E-state index contributed by atoms with van der Waals surface area (Å²) < 4.78 is 11.8. The molecule has 2 aliphatic rings. The van der Waals surface area contributed by atoms with Crippen molar-refractivity contribution in [1.82, 2.24) is 0 Å². The summed E-state index contributed by atoms with van der Waals surface area (Å²) in [6.07, 6.45) is 7.97. The molecule has 0 saturated heterocycles. The summed E-state index contributed by atoms with van der Waals surface area (Å²) in [5.41, 5.74) is 4.26. The molecule has 0 N–H and O–H groups in total. The third-order valence-electron chi connectivity index (χ3n) is 5.55. The van der Waals surface area contributed by atoms with E-state index in [0.717, 1.165) is 42.7 Å². The fourth-order valence-corrected chi connectivity index (χ4v) is 4.70. The van der Waals surface area contributed by atoms with E-state index in [2.05, 4.69) is 43.2 Å². The Bertz CT molecular complexity index is 747. The molecule has 146 valence electrons. The summed E-state index contributed by atoms with van der Waals surface area (Å²) in [6, 6.07) is 6.16. The maximum absolute atomic E-state index is 12.4. The number of carbonyl (C=O) groups excluding carboxylic acids is 1. The van der Waals surface area contributed by atoms with Gasteiger partial charge in [-0.05, 0) is 56.2 Å². The van der Waals surface area contributed by atoms with E-state index in [0.29, 0.717) is 18.6 Å². The lowest BCUT2D eigenvalue weighted by molar-refractivity contribution is -0.121. The van der Waals surface area contributed by atoms with Gasteiger partial charge in [0, 0.05) is 12.8 Å². The van der Waals surface area contributed by atoms with Crippen LogP contribution in [0, 0.1) is 11.5 Å². The molecule has 2 saturated carbocycles. The van der Waals surface area contributed by atoms with Crippen molar-refractivity contribution in [2.75, 3.05) is 7.11 Å². The summed E-state index contributed by atoms with van der Waals surface area (Å²) in [5, 5.41) is 0. The highest BCUT2D eigenvalue weighted by molar-refractivity contribution is 6.83. The van der Waals surface area contributed by atoms with Gasteiger partial charge in [-0.15, -0.1) is 5.54 Å². The minimum Gasteiger partial charge on any atom is -0.493 e.